The molecule has 5 rings (SSSR count). The second-order valence-corrected chi connectivity index (χ2v) is 16.5. The largest absolute Gasteiger partial charge is 0.494 e. The van der Waals surface area contributed by atoms with Crippen molar-refractivity contribution in [1.82, 2.24) is 0 Å². The molecule has 0 aliphatic rings. The summed E-state index contributed by atoms with van der Waals surface area (Å²) in [5.41, 5.74) is 7.42. The maximum atomic E-state index is 6.05. The van der Waals surface area contributed by atoms with Crippen LogP contribution in [0.15, 0.2) is 115 Å². The van der Waals surface area contributed by atoms with Gasteiger partial charge in [0.15, 0.2) is 0 Å². The van der Waals surface area contributed by atoms with Gasteiger partial charge in [-0.3, -0.25) is 0 Å². The van der Waals surface area contributed by atoms with Gasteiger partial charge in [-0.15, -0.1) is 0 Å². The van der Waals surface area contributed by atoms with E-state index in [0.717, 1.165) is 101 Å². The summed E-state index contributed by atoms with van der Waals surface area (Å²) in [6.45, 7) is 8.98. The molecule has 0 heterocycles. The lowest BCUT2D eigenvalue weighted by Crippen LogP contribution is -1.97. The van der Waals surface area contributed by atoms with Crippen LogP contribution in [0.5, 0.6) is 17.2 Å². The Balaban J connectivity index is 1.37. The SMILES string of the molecule is CCCCCCCCOc1ccc(C#Cc2cc(C#Cc3ccc(OCCCCCCCC)cc3)c(-c3ccccc3)cc2C#Cc2ccc(OCCCCCCCC)cc2)cc1. The van der Waals surface area contributed by atoms with Crippen LogP contribution in [0.4, 0.5) is 0 Å². The van der Waals surface area contributed by atoms with Gasteiger partial charge in [0.2, 0.25) is 0 Å². The van der Waals surface area contributed by atoms with E-state index in [4.69, 9.17) is 14.2 Å². The summed E-state index contributed by atoms with van der Waals surface area (Å²) in [4.78, 5) is 0. The van der Waals surface area contributed by atoms with E-state index >= 15 is 0 Å². The summed E-state index contributed by atoms with van der Waals surface area (Å²) in [5.74, 6) is 23.4. The van der Waals surface area contributed by atoms with E-state index < -0.39 is 0 Å². The molecular formula is C60H70O3. The minimum atomic E-state index is 0.739. The van der Waals surface area contributed by atoms with Crippen LogP contribution < -0.4 is 14.2 Å². The van der Waals surface area contributed by atoms with E-state index in [-0.39, 0.29) is 0 Å². The second kappa shape index (κ2) is 29.5. The highest BCUT2D eigenvalue weighted by Gasteiger charge is 2.10. The molecule has 0 spiro atoms. The Morgan fingerprint density at radius 3 is 1.03 bits per heavy atom. The Morgan fingerprint density at radius 1 is 0.317 bits per heavy atom. The Kier molecular flexibility index (Phi) is 22.6. The van der Waals surface area contributed by atoms with Crippen molar-refractivity contribution in [3.05, 3.63) is 149 Å². The van der Waals surface area contributed by atoms with Crippen molar-refractivity contribution in [3.8, 4) is 63.9 Å². The molecule has 3 heteroatoms. The van der Waals surface area contributed by atoms with Gasteiger partial charge in [0.25, 0.3) is 0 Å². The maximum absolute atomic E-state index is 6.05. The van der Waals surface area contributed by atoms with Crippen molar-refractivity contribution >= 4 is 0 Å². The van der Waals surface area contributed by atoms with Gasteiger partial charge in [0, 0.05) is 33.4 Å². The van der Waals surface area contributed by atoms with Gasteiger partial charge >= 0.3 is 0 Å². The summed E-state index contributed by atoms with van der Waals surface area (Å²) in [6, 6.07) is 39.0. The minimum Gasteiger partial charge on any atom is -0.494 e. The first kappa shape index (κ1) is 48.2. The molecule has 0 fully saturated rings. The van der Waals surface area contributed by atoms with Crippen LogP contribution in [0, 0.1) is 35.5 Å². The van der Waals surface area contributed by atoms with Gasteiger partial charge in [-0.25, -0.2) is 0 Å². The zero-order chi connectivity index (χ0) is 44.0. The molecule has 0 aliphatic heterocycles. The smallest absolute Gasteiger partial charge is 0.119 e. The van der Waals surface area contributed by atoms with E-state index in [0.29, 0.717) is 0 Å². The van der Waals surface area contributed by atoms with Crippen molar-refractivity contribution in [3.63, 3.8) is 0 Å². The van der Waals surface area contributed by atoms with E-state index in [1.807, 2.05) is 78.9 Å². The van der Waals surface area contributed by atoms with Crippen LogP contribution in [0.1, 0.15) is 170 Å². The third kappa shape index (κ3) is 18.6. The van der Waals surface area contributed by atoms with Crippen molar-refractivity contribution in [2.24, 2.45) is 0 Å². The topological polar surface area (TPSA) is 27.7 Å². The Bertz CT molecular complexity index is 2220. The molecule has 0 unspecified atom stereocenters. The normalized spacial score (nSPS) is 10.5. The molecule has 0 atom stereocenters. The molecule has 3 nitrogen and oxygen atoms in total. The molecule has 0 bridgehead atoms. The first-order valence-electron chi connectivity index (χ1n) is 24.1. The molecule has 0 aromatic heterocycles. The van der Waals surface area contributed by atoms with Crippen LogP contribution >= 0.6 is 0 Å². The van der Waals surface area contributed by atoms with Crippen molar-refractivity contribution in [2.75, 3.05) is 19.8 Å². The Hall–Kier alpha value is -5.82. The van der Waals surface area contributed by atoms with E-state index in [9.17, 15) is 0 Å². The molecule has 63 heavy (non-hydrogen) atoms. The zero-order valence-electron chi connectivity index (χ0n) is 38.5. The summed E-state index contributed by atoms with van der Waals surface area (Å²) in [7, 11) is 0. The first-order valence-corrected chi connectivity index (χ1v) is 24.1. The molecule has 0 amide bonds. The molecule has 0 saturated carbocycles. The van der Waals surface area contributed by atoms with E-state index in [2.05, 4.69) is 92.7 Å². The number of benzene rings is 5. The highest BCUT2D eigenvalue weighted by atomic mass is 16.5. The fourth-order valence-electron chi connectivity index (χ4n) is 7.31. The van der Waals surface area contributed by atoms with E-state index in [1.165, 1.54) is 96.3 Å². The van der Waals surface area contributed by atoms with Crippen LogP contribution in [-0.2, 0) is 0 Å². The highest BCUT2D eigenvalue weighted by molar-refractivity contribution is 5.76. The van der Waals surface area contributed by atoms with Gasteiger partial charge < -0.3 is 14.2 Å². The third-order valence-corrected chi connectivity index (χ3v) is 11.1. The van der Waals surface area contributed by atoms with Crippen LogP contribution in [0.3, 0.4) is 0 Å². The predicted molar refractivity (Wildman–Crippen MR) is 266 cm³/mol. The third-order valence-electron chi connectivity index (χ3n) is 11.1. The standard InChI is InChI=1S/C60H70O3/c1-4-7-10-13-16-22-45-61-57-39-30-50(31-40-57)27-36-54-48-56(38-29-52-34-43-59(44-35-52)63-47-24-18-15-12-9-6-3)60(53-25-20-19-21-26-53)49-55(54)37-28-51-32-41-58(42-33-51)62-46-23-17-14-11-8-5-2/h19-21,25-26,30-35,39-44,48-49H,4-18,22-24,45-47H2,1-3H3. The minimum absolute atomic E-state index is 0.739. The Morgan fingerprint density at radius 2 is 0.651 bits per heavy atom. The fraction of sp³-hybridized carbons (Fsp3) is 0.400. The van der Waals surface area contributed by atoms with Crippen molar-refractivity contribution in [2.45, 2.75) is 136 Å². The summed E-state index contributed by atoms with van der Waals surface area (Å²) >= 11 is 0. The molecule has 5 aromatic rings. The van der Waals surface area contributed by atoms with Gasteiger partial charge in [-0.05, 0) is 115 Å². The lowest BCUT2D eigenvalue weighted by molar-refractivity contribution is 0.304. The number of rotatable bonds is 25. The summed E-state index contributed by atoms with van der Waals surface area (Å²) in [6.07, 6.45) is 22.4. The fourth-order valence-corrected chi connectivity index (χ4v) is 7.31. The van der Waals surface area contributed by atoms with Gasteiger partial charge in [0.05, 0.1) is 19.8 Å². The quantitative estimate of drug-likeness (QED) is 0.0433. The Labute approximate surface area is 381 Å². The highest BCUT2D eigenvalue weighted by Crippen LogP contribution is 2.27. The summed E-state index contributed by atoms with van der Waals surface area (Å²) < 4.78 is 18.2. The van der Waals surface area contributed by atoms with Gasteiger partial charge in [0.1, 0.15) is 17.2 Å². The monoisotopic (exact) mass is 839 g/mol. The van der Waals surface area contributed by atoms with Crippen LogP contribution in [0.25, 0.3) is 11.1 Å². The molecular weight excluding hydrogens is 769 g/mol. The van der Waals surface area contributed by atoms with Crippen LogP contribution in [-0.4, -0.2) is 19.8 Å². The molecule has 5 aromatic carbocycles. The average Bonchev–Trinajstić information content (AvgIpc) is 3.32. The average molecular weight is 839 g/mol. The van der Waals surface area contributed by atoms with E-state index in [1.54, 1.807) is 0 Å². The number of ether oxygens (including phenoxy) is 3. The molecule has 328 valence electrons. The summed E-state index contributed by atoms with van der Waals surface area (Å²) in [5, 5.41) is 0. The van der Waals surface area contributed by atoms with Gasteiger partial charge in [-0.2, -0.15) is 0 Å². The number of unbranched alkanes of at least 4 members (excludes halogenated alkanes) is 15. The van der Waals surface area contributed by atoms with Crippen molar-refractivity contribution < 1.29 is 14.2 Å². The number of hydrogen-bond donors (Lipinski definition) is 0. The predicted octanol–water partition coefficient (Wildman–Crippen LogP) is 15.8. The molecule has 0 aliphatic carbocycles. The van der Waals surface area contributed by atoms with Crippen molar-refractivity contribution in [1.29, 1.82) is 0 Å². The van der Waals surface area contributed by atoms with Crippen LogP contribution in [0.2, 0.25) is 0 Å². The molecule has 0 N–H and O–H groups in total. The number of hydrogen-bond acceptors (Lipinski definition) is 3. The second-order valence-electron chi connectivity index (χ2n) is 16.5. The zero-order valence-corrected chi connectivity index (χ0v) is 38.5. The maximum Gasteiger partial charge on any atom is 0.119 e. The molecule has 0 saturated heterocycles. The lowest BCUT2D eigenvalue weighted by Gasteiger charge is -2.09. The lowest BCUT2D eigenvalue weighted by atomic mass is 9.93. The van der Waals surface area contributed by atoms with Gasteiger partial charge in [-0.1, -0.05) is 183 Å². The first-order chi connectivity index (χ1) is 31.1. The molecule has 0 radical (unpaired) electrons.